The third kappa shape index (κ3) is 4.70. The van der Waals surface area contributed by atoms with Crippen molar-refractivity contribution in [2.75, 3.05) is 29.9 Å². The molecule has 1 spiro atoms. The number of nitrogens with one attached hydrogen (secondary N) is 1. The monoisotopic (exact) mass is 505 g/mol. The van der Waals surface area contributed by atoms with E-state index < -0.39 is 0 Å². The van der Waals surface area contributed by atoms with Gasteiger partial charge in [-0.1, -0.05) is 66.7 Å². The maximum Gasteiger partial charge on any atom is 0.326 e. The van der Waals surface area contributed by atoms with Gasteiger partial charge in [0.15, 0.2) is 0 Å². The summed E-state index contributed by atoms with van der Waals surface area (Å²) in [6, 6.07) is 31.6. The SMILES string of the molecule is Cc1cccc(NC(=O)N2CC3(CCN(Cc4ccccc4-c4ccccc4)CC3)c3cc(F)ccc32)c1. The first-order chi connectivity index (χ1) is 18.5. The Bertz CT molecular complexity index is 1460. The number of halogens is 1. The molecule has 6 rings (SSSR count). The molecule has 5 heteroatoms. The molecule has 4 aromatic rings. The average Bonchev–Trinajstić information content (AvgIpc) is 3.24. The van der Waals surface area contributed by atoms with Crippen LogP contribution in [0.25, 0.3) is 11.1 Å². The van der Waals surface area contributed by atoms with Crippen LogP contribution in [-0.2, 0) is 12.0 Å². The lowest BCUT2D eigenvalue weighted by Gasteiger charge is -2.40. The van der Waals surface area contributed by atoms with Crippen LogP contribution in [0.15, 0.2) is 97.1 Å². The fraction of sp³-hybridized carbons (Fsp3) is 0.242. The van der Waals surface area contributed by atoms with Crippen LogP contribution in [0.4, 0.5) is 20.6 Å². The molecule has 0 aromatic heterocycles. The summed E-state index contributed by atoms with van der Waals surface area (Å²) < 4.78 is 14.5. The summed E-state index contributed by atoms with van der Waals surface area (Å²) in [5, 5.41) is 3.05. The van der Waals surface area contributed by atoms with Crippen LogP contribution in [-0.4, -0.2) is 30.6 Å². The van der Waals surface area contributed by atoms with Crippen molar-refractivity contribution in [2.24, 2.45) is 0 Å². The lowest BCUT2D eigenvalue weighted by Crippen LogP contribution is -2.46. The average molecular weight is 506 g/mol. The van der Waals surface area contributed by atoms with Gasteiger partial charge in [-0.3, -0.25) is 9.80 Å². The van der Waals surface area contributed by atoms with E-state index in [4.69, 9.17) is 0 Å². The number of aryl methyl sites for hydroxylation is 1. The molecule has 192 valence electrons. The number of rotatable bonds is 4. The van der Waals surface area contributed by atoms with E-state index in [1.54, 1.807) is 17.0 Å². The Labute approximate surface area is 223 Å². The van der Waals surface area contributed by atoms with Crippen molar-refractivity contribution >= 4 is 17.4 Å². The van der Waals surface area contributed by atoms with Crippen molar-refractivity contribution in [1.29, 1.82) is 0 Å². The lowest BCUT2D eigenvalue weighted by molar-refractivity contribution is 0.160. The van der Waals surface area contributed by atoms with Gasteiger partial charge in [0, 0.05) is 29.9 Å². The quantitative estimate of drug-likeness (QED) is 0.314. The van der Waals surface area contributed by atoms with E-state index in [2.05, 4.69) is 58.7 Å². The summed E-state index contributed by atoms with van der Waals surface area (Å²) in [6.45, 7) is 5.23. The second-order valence-corrected chi connectivity index (χ2v) is 10.6. The van der Waals surface area contributed by atoms with Gasteiger partial charge in [0.25, 0.3) is 0 Å². The summed E-state index contributed by atoms with van der Waals surface area (Å²) >= 11 is 0. The van der Waals surface area contributed by atoms with Crippen LogP contribution in [0.3, 0.4) is 0 Å². The van der Waals surface area contributed by atoms with Crippen molar-refractivity contribution in [3.05, 3.63) is 120 Å². The molecule has 0 radical (unpaired) electrons. The van der Waals surface area contributed by atoms with Gasteiger partial charge in [0.1, 0.15) is 5.82 Å². The van der Waals surface area contributed by atoms with Crippen LogP contribution in [0.5, 0.6) is 0 Å². The number of piperidine rings is 1. The maximum absolute atomic E-state index is 14.5. The van der Waals surface area contributed by atoms with Gasteiger partial charge in [-0.15, -0.1) is 0 Å². The Morgan fingerprint density at radius 1 is 0.895 bits per heavy atom. The lowest BCUT2D eigenvalue weighted by atomic mass is 9.74. The van der Waals surface area contributed by atoms with Crippen LogP contribution in [0.1, 0.15) is 29.5 Å². The highest BCUT2D eigenvalue weighted by Crippen LogP contribution is 2.47. The number of fused-ring (bicyclic) bond motifs is 2. The molecule has 2 aliphatic rings. The maximum atomic E-state index is 14.5. The fourth-order valence-corrected chi connectivity index (χ4v) is 6.10. The number of nitrogens with zero attached hydrogens (tertiary/aromatic N) is 2. The number of amides is 2. The Hall–Kier alpha value is -3.96. The van der Waals surface area contributed by atoms with E-state index in [0.717, 1.165) is 55.0 Å². The molecule has 0 aliphatic carbocycles. The zero-order valence-corrected chi connectivity index (χ0v) is 21.7. The highest BCUT2D eigenvalue weighted by Gasteiger charge is 2.46. The first-order valence-electron chi connectivity index (χ1n) is 13.3. The molecule has 1 saturated heterocycles. The summed E-state index contributed by atoms with van der Waals surface area (Å²) in [5.74, 6) is -0.247. The number of carbonyl (C=O) groups excluding carboxylic acids is 1. The molecule has 1 fully saturated rings. The summed E-state index contributed by atoms with van der Waals surface area (Å²) in [5.41, 5.74) is 7.20. The molecule has 0 unspecified atom stereocenters. The van der Waals surface area contributed by atoms with Crippen molar-refractivity contribution in [1.82, 2.24) is 4.90 Å². The number of urea groups is 1. The van der Waals surface area contributed by atoms with E-state index in [-0.39, 0.29) is 17.3 Å². The molecule has 2 aliphatic heterocycles. The van der Waals surface area contributed by atoms with E-state index in [9.17, 15) is 9.18 Å². The molecule has 2 heterocycles. The van der Waals surface area contributed by atoms with E-state index in [1.807, 2.05) is 37.3 Å². The molecule has 2 amide bonds. The van der Waals surface area contributed by atoms with E-state index >= 15 is 0 Å². The third-order valence-corrected chi connectivity index (χ3v) is 8.11. The van der Waals surface area contributed by atoms with E-state index in [1.165, 1.54) is 22.8 Å². The topological polar surface area (TPSA) is 35.6 Å². The Balaban J connectivity index is 1.20. The summed E-state index contributed by atoms with van der Waals surface area (Å²) in [7, 11) is 0. The van der Waals surface area contributed by atoms with Gasteiger partial charge in [0.05, 0.1) is 0 Å². The standard InChI is InChI=1S/C33H32FN3O/c1-24-8-7-12-28(20-24)35-32(38)37-23-33(30-21-27(34)14-15-31(30)37)16-18-36(19-17-33)22-26-11-5-6-13-29(26)25-9-3-2-4-10-25/h2-15,20-21H,16-19,22-23H2,1H3,(H,35,38). The van der Waals surface area contributed by atoms with Gasteiger partial charge in [-0.05, 0) is 91.0 Å². The smallest absolute Gasteiger partial charge is 0.308 e. The number of anilines is 2. The van der Waals surface area contributed by atoms with Crippen molar-refractivity contribution in [3.8, 4) is 11.1 Å². The van der Waals surface area contributed by atoms with Crippen molar-refractivity contribution in [2.45, 2.75) is 31.7 Å². The second-order valence-electron chi connectivity index (χ2n) is 10.6. The minimum absolute atomic E-state index is 0.167. The minimum Gasteiger partial charge on any atom is -0.308 e. The molecule has 0 atom stereocenters. The normalized spacial score (nSPS) is 16.4. The molecule has 38 heavy (non-hydrogen) atoms. The highest BCUT2D eigenvalue weighted by molar-refractivity contribution is 6.03. The first kappa shape index (κ1) is 24.4. The van der Waals surface area contributed by atoms with Gasteiger partial charge >= 0.3 is 6.03 Å². The third-order valence-electron chi connectivity index (χ3n) is 8.11. The first-order valence-corrected chi connectivity index (χ1v) is 13.3. The van der Waals surface area contributed by atoms with Crippen molar-refractivity contribution in [3.63, 3.8) is 0 Å². The van der Waals surface area contributed by atoms with Gasteiger partial charge in [-0.2, -0.15) is 0 Å². The van der Waals surface area contributed by atoms with Crippen molar-refractivity contribution < 1.29 is 9.18 Å². The second kappa shape index (κ2) is 10.1. The zero-order valence-electron chi connectivity index (χ0n) is 21.7. The van der Waals surface area contributed by atoms with Gasteiger partial charge in [0.2, 0.25) is 0 Å². The molecule has 1 N–H and O–H groups in total. The van der Waals surface area contributed by atoms with Gasteiger partial charge in [-0.25, -0.2) is 9.18 Å². The molecular formula is C33H32FN3O. The molecule has 4 nitrogen and oxygen atoms in total. The molecule has 0 bridgehead atoms. The van der Waals surface area contributed by atoms with Gasteiger partial charge < -0.3 is 5.32 Å². The Morgan fingerprint density at radius 2 is 1.66 bits per heavy atom. The number of carbonyl (C=O) groups is 1. The molecule has 4 aromatic carbocycles. The number of likely N-dealkylation sites (tertiary alicyclic amines) is 1. The predicted molar refractivity (Wildman–Crippen MR) is 152 cm³/mol. The molecule has 0 saturated carbocycles. The highest BCUT2D eigenvalue weighted by atomic mass is 19.1. The fourth-order valence-electron chi connectivity index (χ4n) is 6.10. The minimum atomic E-state index is -0.247. The summed E-state index contributed by atoms with van der Waals surface area (Å²) in [6.07, 6.45) is 1.76. The predicted octanol–water partition coefficient (Wildman–Crippen LogP) is 7.39. The van der Waals surface area contributed by atoms with E-state index in [0.29, 0.717) is 6.54 Å². The zero-order chi connectivity index (χ0) is 26.1. The van der Waals surface area contributed by atoms with Crippen LogP contribution >= 0.6 is 0 Å². The Kier molecular flexibility index (Phi) is 6.46. The number of benzene rings is 4. The Morgan fingerprint density at radius 3 is 2.45 bits per heavy atom. The van der Waals surface area contributed by atoms with Crippen LogP contribution < -0.4 is 10.2 Å². The number of hydrogen-bond donors (Lipinski definition) is 1. The largest absolute Gasteiger partial charge is 0.326 e. The van der Waals surface area contributed by atoms with Crippen LogP contribution in [0.2, 0.25) is 0 Å². The van der Waals surface area contributed by atoms with Crippen LogP contribution in [0, 0.1) is 12.7 Å². The summed E-state index contributed by atoms with van der Waals surface area (Å²) in [4.78, 5) is 17.7. The number of hydrogen-bond acceptors (Lipinski definition) is 2. The molecular weight excluding hydrogens is 473 g/mol.